The van der Waals surface area contributed by atoms with Gasteiger partial charge in [0.1, 0.15) is 11.6 Å². The number of piperidine rings is 1. The second-order valence-corrected chi connectivity index (χ2v) is 12.7. The first-order chi connectivity index (χ1) is 19.6. The lowest BCUT2D eigenvalue weighted by molar-refractivity contribution is 0.149. The molecule has 2 heterocycles. The Hall–Kier alpha value is -3.47. The van der Waals surface area contributed by atoms with Crippen LogP contribution >= 0.6 is 0 Å². The van der Waals surface area contributed by atoms with Crippen molar-refractivity contribution in [3.8, 4) is 16.9 Å². The molecule has 0 atom stereocenters. The molecule has 41 heavy (non-hydrogen) atoms. The topological polar surface area (TPSA) is 99.2 Å². The van der Waals surface area contributed by atoms with Crippen LogP contribution in [-0.2, 0) is 16.7 Å². The zero-order chi connectivity index (χ0) is 28.8. The SMILES string of the molecule is CCOc1cc(-c2ccc(F)cc2)c(C2CC2)cc1CN1CCC2(CC1)CN(c1ccc(S(=O)(=O)O)cc1)C(=O)N2. The van der Waals surface area contributed by atoms with Gasteiger partial charge in [0.25, 0.3) is 10.1 Å². The Morgan fingerprint density at radius 2 is 1.73 bits per heavy atom. The summed E-state index contributed by atoms with van der Waals surface area (Å²) in [6.45, 7) is 5.37. The molecule has 0 radical (unpaired) electrons. The highest BCUT2D eigenvalue weighted by Gasteiger charge is 2.45. The summed E-state index contributed by atoms with van der Waals surface area (Å²) < 4.78 is 51.7. The minimum atomic E-state index is -4.29. The van der Waals surface area contributed by atoms with Gasteiger partial charge in [-0.25, -0.2) is 9.18 Å². The molecule has 1 aliphatic carbocycles. The van der Waals surface area contributed by atoms with E-state index >= 15 is 0 Å². The van der Waals surface area contributed by atoms with Gasteiger partial charge in [-0.3, -0.25) is 14.4 Å². The second kappa shape index (κ2) is 10.7. The van der Waals surface area contributed by atoms with E-state index in [0.717, 1.165) is 67.8 Å². The maximum atomic E-state index is 13.6. The normalized spacial score (nSPS) is 19.0. The highest BCUT2D eigenvalue weighted by Crippen LogP contribution is 2.47. The number of halogens is 1. The molecule has 2 saturated heterocycles. The van der Waals surface area contributed by atoms with E-state index in [1.165, 1.54) is 29.8 Å². The number of rotatable bonds is 8. The first-order valence-electron chi connectivity index (χ1n) is 14.1. The van der Waals surface area contributed by atoms with E-state index in [0.29, 0.717) is 24.8 Å². The standard InChI is InChI=1S/C31H34FN3O5S/c1-2-40-29-18-28(22-5-7-24(32)8-6-22)27(21-3-4-21)17-23(29)19-34-15-13-31(14-16-34)20-35(30(36)33-31)25-9-11-26(12-10-25)41(37,38)39/h5-12,17-18,21H,2-4,13-16,19-20H2,1H3,(H,33,36)(H,37,38,39). The Morgan fingerprint density at radius 3 is 2.34 bits per heavy atom. The van der Waals surface area contributed by atoms with Gasteiger partial charge in [0.15, 0.2) is 0 Å². The van der Waals surface area contributed by atoms with E-state index in [9.17, 15) is 22.2 Å². The van der Waals surface area contributed by atoms with Crippen molar-refractivity contribution in [2.24, 2.45) is 0 Å². The Balaban J connectivity index is 1.17. The Morgan fingerprint density at radius 1 is 1.05 bits per heavy atom. The fourth-order valence-electron chi connectivity index (χ4n) is 6.05. The molecule has 6 rings (SSSR count). The monoisotopic (exact) mass is 579 g/mol. The molecule has 0 bridgehead atoms. The summed E-state index contributed by atoms with van der Waals surface area (Å²) in [6.07, 6.45) is 3.88. The molecule has 10 heteroatoms. The lowest BCUT2D eigenvalue weighted by atomic mass is 9.87. The third-order valence-corrected chi connectivity index (χ3v) is 9.30. The number of carbonyl (C=O) groups is 1. The molecule has 0 unspecified atom stereocenters. The molecule has 2 amide bonds. The van der Waals surface area contributed by atoms with Crippen molar-refractivity contribution in [1.29, 1.82) is 0 Å². The Kier molecular flexibility index (Phi) is 7.25. The quantitative estimate of drug-likeness (QED) is 0.338. The molecule has 3 aliphatic rings. The highest BCUT2D eigenvalue weighted by molar-refractivity contribution is 7.85. The molecular formula is C31H34FN3O5S. The number of ether oxygens (including phenoxy) is 1. The molecule has 3 aromatic carbocycles. The number of carbonyl (C=O) groups excluding carboxylic acids is 1. The third-order valence-electron chi connectivity index (χ3n) is 8.44. The number of nitrogens with one attached hydrogen (secondary N) is 1. The summed E-state index contributed by atoms with van der Waals surface area (Å²) in [6, 6.07) is 16.5. The number of hydrogen-bond acceptors (Lipinski definition) is 5. The summed E-state index contributed by atoms with van der Waals surface area (Å²) in [5.41, 5.74) is 4.77. The van der Waals surface area contributed by atoms with Gasteiger partial charge in [0.2, 0.25) is 0 Å². The van der Waals surface area contributed by atoms with E-state index in [4.69, 9.17) is 4.74 Å². The molecule has 0 aromatic heterocycles. The fourth-order valence-corrected chi connectivity index (χ4v) is 6.53. The van der Waals surface area contributed by atoms with Gasteiger partial charge in [-0.1, -0.05) is 12.1 Å². The van der Waals surface area contributed by atoms with Crippen LogP contribution in [0.15, 0.2) is 65.6 Å². The predicted molar refractivity (Wildman–Crippen MR) is 154 cm³/mol. The molecule has 8 nitrogen and oxygen atoms in total. The molecule has 216 valence electrons. The van der Waals surface area contributed by atoms with Crippen molar-refractivity contribution in [1.82, 2.24) is 10.2 Å². The molecular weight excluding hydrogens is 545 g/mol. The van der Waals surface area contributed by atoms with Crippen molar-refractivity contribution >= 4 is 21.8 Å². The molecule has 3 fully saturated rings. The summed E-state index contributed by atoms with van der Waals surface area (Å²) in [4.78, 5) is 16.7. The number of likely N-dealkylation sites (tertiary alicyclic amines) is 1. The van der Waals surface area contributed by atoms with Gasteiger partial charge in [0, 0.05) is 30.9 Å². The van der Waals surface area contributed by atoms with E-state index in [-0.39, 0.29) is 22.3 Å². The number of nitrogens with zero attached hydrogens (tertiary/aromatic N) is 2. The number of hydrogen-bond donors (Lipinski definition) is 2. The zero-order valence-corrected chi connectivity index (χ0v) is 23.8. The van der Waals surface area contributed by atoms with Gasteiger partial charge in [-0.15, -0.1) is 0 Å². The zero-order valence-electron chi connectivity index (χ0n) is 23.0. The fraction of sp³-hybridized carbons (Fsp3) is 0.387. The molecule has 3 aromatic rings. The first kappa shape index (κ1) is 27.7. The maximum Gasteiger partial charge on any atom is 0.322 e. The summed E-state index contributed by atoms with van der Waals surface area (Å²) in [5.74, 6) is 1.12. The number of anilines is 1. The minimum absolute atomic E-state index is 0.203. The van der Waals surface area contributed by atoms with Crippen LogP contribution < -0.4 is 15.0 Å². The number of benzene rings is 3. The van der Waals surface area contributed by atoms with Crippen LogP contribution in [-0.4, -0.2) is 55.7 Å². The van der Waals surface area contributed by atoms with E-state index in [1.807, 2.05) is 19.1 Å². The Labute approximate surface area is 239 Å². The molecule has 2 N–H and O–H groups in total. The third kappa shape index (κ3) is 5.82. The largest absolute Gasteiger partial charge is 0.494 e. The highest BCUT2D eigenvalue weighted by atomic mass is 32.2. The van der Waals surface area contributed by atoms with E-state index < -0.39 is 10.1 Å². The molecule has 2 aliphatic heterocycles. The van der Waals surface area contributed by atoms with Gasteiger partial charge in [-0.2, -0.15) is 8.42 Å². The van der Waals surface area contributed by atoms with Crippen molar-refractivity contribution in [2.45, 2.75) is 55.5 Å². The van der Waals surface area contributed by atoms with Crippen LogP contribution in [0.5, 0.6) is 5.75 Å². The van der Waals surface area contributed by atoms with Crippen molar-refractivity contribution < 1.29 is 26.9 Å². The summed E-state index contributed by atoms with van der Waals surface area (Å²) in [7, 11) is -4.29. The van der Waals surface area contributed by atoms with Crippen LogP contribution in [0.3, 0.4) is 0 Å². The van der Waals surface area contributed by atoms with E-state index in [2.05, 4.69) is 22.3 Å². The van der Waals surface area contributed by atoms with Gasteiger partial charge >= 0.3 is 6.03 Å². The number of amides is 2. The van der Waals surface area contributed by atoms with Crippen molar-refractivity contribution in [2.75, 3.05) is 31.1 Å². The van der Waals surface area contributed by atoms with Crippen molar-refractivity contribution in [3.05, 3.63) is 77.6 Å². The molecule has 1 saturated carbocycles. The van der Waals surface area contributed by atoms with Crippen molar-refractivity contribution in [3.63, 3.8) is 0 Å². The summed E-state index contributed by atoms with van der Waals surface area (Å²) in [5, 5.41) is 3.18. The minimum Gasteiger partial charge on any atom is -0.494 e. The number of urea groups is 1. The van der Waals surface area contributed by atoms with Crippen LogP contribution in [0, 0.1) is 5.82 Å². The predicted octanol–water partition coefficient (Wildman–Crippen LogP) is 5.58. The van der Waals surface area contributed by atoms with Gasteiger partial charge < -0.3 is 10.1 Å². The second-order valence-electron chi connectivity index (χ2n) is 11.3. The van der Waals surface area contributed by atoms with Crippen LogP contribution in [0.4, 0.5) is 14.9 Å². The smallest absolute Gasteiger partial charge is 0.322 e. The van der Waals surface area contributed by atoms with E-state index in [1.54, 1.807) is 17.0 Å². The van der Waals surface area contributed by atoms with Crippen LogP contribution in [0.25, 0.3) is 11.1 Å². The first-order valence-corrected chi connectivity index (χ1v) is 15.5. The lowest BCUT2D eigenvalue weighted by Gasteiger charge is -2.39. The summed E-state index contributed by atoms with van der Waals surface area (Å²) >= 11 is 0. The van der Waals surface area contributed by atoms with Crippen LogP contribution in [0.2, 0.25) is 0 Å². The maximum absolute atomic E-state index is 13.6. The Bertz CT molecular complexity index is 1550. The van der Waals surface area contributed by atoms with Gasteiger partial charge in [-0.05, 0) is 104 Å². The molecule has 1 spiro atoms. The van der Waals surface area contributed by atoms with Gasteiger partial charge in [0.05, 0.1) is 23.6 Å². The average molecular weight is 580 g/mol. The average Bonchev–Trinajstić information content (AvgIpc) is 3.74. The van der Waals surface area contributed by atoms with Crippen LogP contribution in [0.1, 0.15) is 49.7 Å². The lowest BCUT2D eigenvalue weighted by Crippen LogP contribution is -2.52.